The van der Waals surface area contributed by atoms with Crippen LogP contribution in [-0.4, -0.2) is 53.3 Å². The molecule has 0 atom stereocenters. The van der Waals surface area contributed by atoms with Crippen LogP contribution in [0.1, 0.15) is 23.2 Å². The lowest BCUT2D eigenvalue weighted by molar-refractivity contribution is -0.130. The maximum atomic E-state index is 12.4. The van der Waals surface area contributed by atoms with Crippen molar-refractivity contribution >= 4 is 22.7 Å². The third kappa shape index (κ3) is 2.77. The van der Waals surface area contributed by atoms with Crippen molar-refractivity contribution in [3.05, 3.63) is 36.0 Å². The summed E-state index contributed by atoms with van der Waals surface area (Å²) in [5, 5.41) is 1.00. The predicted molar refractivity (Wildman–Crippen MR) is 81.1 cm³/mol. The topological polar surface area (TPSA) is 56.4 Å². The van der Waals surface area contributed by atoms with E-state index in [1.165, 1.54) is 4.90 Å². The molecule has 1 aliphatic rings. The summed E-state index contributed by atoms with van der Waals surface area (Å²) in [6.45, 7) is 1.77. The molecular formula is C16H19N3O2. The third-order valence-electron chi connectivity index (χ3n) is 3.98. The Balaban J connectivity index is 1.69. The first-order valence-corrected chi connectivity index (χ1v) is 7.25. The first kappa shape index (κ1) is 13.7. The van der Waals surface area contributed by atoms with E-state index < -0.39 is 0 Å². The maximum Gasteiger partial charge on any atom is 0.254 e. The molecule has 1 aromatic carbocycles. The van der Waals surface area contributed by atoms with Crippen LogP contribution in [0.25, 0.3) is 10.9 Å². The molecule has 110 valence electrons. The van der Waals surface area contributed by atoms with Crippen LogP contribution in [0.3, 0.4) is 0 Å². The summed E-state index contributed by atoms with van der Waals surface area (Å²) in [7, 11) is 1.68. The highest BCUT2D eigenvalue weighted by Crippen LogP contribution is 2.16. The predicted octanol–water partition coefficient (Wildman–Crippen LogP) is 1.86. The van der Waals surface area contributed by atoms with Gasteiger partial charge in [-0.1, -0.05) is 0 Å². The minimum absolute atomic E-state index is 0.0334. The number of nitrogens with zero attached hydrogens (tertiary/aromatic N) is 2. The van der Waals surface area contributed by atoms with Crippen LogP contribution in [-0.2, 0) is 4.79 Å². The van der Waals surface area contributed by atoms with E-state index in [0.29, 0.717) is 5.56 Å². The van der Waals surface area contributed by atoms with Gasteiger partial charge in [0.1, 0.15) is 0 Å². The van der Waals surface area contributed by atoms with Crippen molar-refractivity contribution in [3.8, 4) is 0 Å². The first-order valence-electron chi connectivity index (χ1n) is 7.25. The second-order valence-electron chi connectivity index (χ2n) is 5.53. The summed E-state index contributed by atoms with van der Waals surface area (Å²) in [6, 6.07) is 7.46. The molecule has 21 heavy (non-hydrogen) atoms. The minimum atomic E-state index is -0.120. The molecule has 2 heterocycles. The Hall–Kier alpha value is -2.30. The van der Waals surface area contributed by atoms with E-state index in [9.17, 15) is 9.59 Å². The fourth-order valence-electron chi connectivity index (χ4n) is 2.75. The van der Waals surface area contributed by atoms with Gasteiger partial charge in [-0.05, 0) is 37.1 Å². The summed E-state index contributed by atoms with van der Waals surface area (Å²) in [4.78, 5) is 30.9. The van der Waals surface area contributed by atoms with Crippen molar-refractivity contribution in [1.82, 2.24) is 14.8 Å². The second kappa shape index (κ2) is 5.60. The number of hydrogen-bond acceptors (Lipinski definition) is 2. The number of benzene rings is 1. The summed E-state index contributed by atoms with van der Waals surface area (Å²) >= 11 is 0. The van der Waals surface area contributed by atoms with E-state index in [1.807, 2.05) is 29.3 Å². The number of carbonyl (C=O) groups is 2. The lowest BCUT2D eigenvalue weighted by Gasteiger charge is -2.21. The molecule has 1 N–H and O–H groups in total. The molecule has 0 spiro atoms. The summed E-state index contributed by atoms with van der Waals surface area (Å²) < 4.78 is 0. The number of fused-ring (bicyclic) bond motifs is 1. The van der Waals surface area contributed by atoms with Gasteiger partial charge in [0.15, 0.2) is 0 Å². The summed E-state index contributed by atoms with van der Waals surface area (Å²) in [5.74, 6) is -0.0864. The molecule has 1 aromatic heterocycles. The molecule has 5 heteroatoms. The highest BCUT2D eigenvalue weighted by Gasteiger charge is 2.21. The monoisotopic (exact) mass is 285 g/mol. The van der Waals surface area contributed by atoms with Gasteiger partial charge in [-0.15, -0.1) is 0 Å². The zero-order valence-corrected chi connectivity index (χ0v) is 12.1. The normalized spacial score (nSPS) is 14.6. The molecular weight excluding hydrogens is 266 g/mol. The van der Waals surface area contributed by atoms with Crippen molar-refractivity contribution in [2.45, 2.75) is 12.8 Å². The van der Waals surface area contributed by atoms with Crippen LogP contribution in [0, 0.1) is 0 Å². The Bertz CT molecular complexity index is 671. The van der Waals surface area contributed by atoms with Gasteiger partial charge in [0.2, 0.25) is 5.91 Å². The minimum Gasteiger partial charge on any atom is -0.361 e. The number of rotatable bonds is 3. The van der Waals surface area contributed by atoms with Gasteiger partial charge >= 0.3 is 0 Å². The number of carbonyl (C=O) groups excluding carboxylic acids is 2. The van der Waals surface area contributed by atoms with Crippen LogP contribution in [0.15, 0.2) is 30.5 Å². The Kier molecular flexibility index (Phi) is 3.64. The number of aromatic amines is 1. The third-order valence-corrected chi connectivity index (χ3v) is 3.98. The van der Waals surface area contributed by atoms with Crippen molar-refractivity contribution < 1.29 is 9.59 Å². The molecule has 2 amide bonds. The zero-order chi connectivity index (χ0) is 14.8. The number of aromatic nitrogens is 1. The highest BCUT2D eigenvalue weighted by atomic mass is 16.2. The van der Waals surface area contributed by atoms with Gasteiger partial charge in [-0.3, -0.25) is 9.59 Å². The Morgan fingerprint density at radius 3 is 2.76 bits per heavy atom. The van der Waals surface area contributed by atoms with Gasteiger partial charge in [-0.2, -0.15) is 0 Å². The Morgan fingerprint density at radius 1 is 1.24 bits per heavy atom. The van der Waals surface area contributed by atoms with Crippen LogP contribution >= 0.6 is 0 Å². The molecule has 0 bridgehead atoms. The lowest BCUT2D eigenvalue weighted by atomic mass is 10.1. The molecule has 0 radical (unpaired) electrons. The number of likely N-dealkylation sites (N-methyl/N-ethyl adjacent to an activating group) is 1. The molecule has 1 fully saturated rings. The quantitative estimate of drug-likeness (QED) is 0.936. The largest absolute Gasteiger partial charge is 0.361 e. The molecule has 0 unspecified atom stereocenters. The van der Waals surface area contributed by atoms with Crippen molar-refractivity contribution in [1.29, 1.82) is 0 Å². The number of nitrogens with one attached hydrogen (secondary N) is 1. The van der Waals surface area contributed by atoms with E-state index in [1.54, 1.807) is 13.1 Å². The van der Waals surface area contributed by atoms with E-state index in [-0.39, 0.29) is 18.4 Å². The fraction of sp³-hybridized carbons (Fsp3) is 0.375. The number of amides is 2. The smallest absolute Gasteiger partial charge is 0.254 e. The van der Waals surface area contributed by atoms with Crippen LogP contribution in [0.4, 0.5) is 0 Å². The van der Waals surface area contributed by atoms with Crippen LogP contribution in [0.5, 0.6) is 0 Å². The molecule has 2 aromatic rings. The Labute approximate surface area is 123 Å². The molecule has 0 saturated carbocycles. The van der Waals surface area contributed by atoms with Crippen LogP contribution in [0.2, 0.25) is 0 Å². The average Bonchev–Trinajstić information content (AvgIpc) is 3.16. The van der Waals surface area contributed by atoms with Crippen molar-refractivity contribution in [2.24, 2.45) is 0 Å². The summed E-state index contributed by atoms with van der Waals surface area (Å²) in [5.41, 5.74) is 1.61. The van der Waals surface area contributed by atoms with E-state index >= 15 is 0 Å². The van der Waals surface area contributed by atoms with Gasteiger partial charge < -0.3 is 14.8 Å². The van der Waals surface area contributed by atoms with E-state index in [0.717, 1.165) is 36.8 Å². The molecule has 5 nitrogen and oxygen atoms in total. The highest BCUT2D eigenvalue weighted by molar-refractivity contribution is 5.99. The van der Waals surface area contributed by atoms with Crippen molar-refractivity contribution in [3.63, 3.8) is 0 Å². The molecule has 3 rings (SSSR count). The number of H-pyrrole nitrogens is 1. The first-order chi connectivity index (χ1) is 10.1. The molecule has 1 aliphatic heterocycles. The zero-order valence-electron chi connectivity index (χ0n) is 12.1. The van der Waals surface area contributed by atoms with Gasteiger partial charge in [0.25, 0.3) is 5.91 Å². The lowest BCUT2D eigenvalue weighted by Crippen LogP contribution is -2.39. The SMILES string of the molecule is CN(CC(=O)N1CCCC1)C(=O)c1ccc2[nH]ccc2c1. The molecule has 0 aliphatic carbocycles. The number of likely N-dealkylation sites (tertiary alicyclic amines) is 1. The van der Waals surface area contributed by atoms with Gasteiger partial charge in [-0.25, -0.2) is 0 Å². The van der Waals surface area contributed by atoms with Gasteiger partial charge in [0.05, 0.1) is 6.54 Å². The second-order valence-corrected chi connectivity index (χ2v) is 5.53. The summed E-state index contributed by atoms with van der Waals surface area (Å²) in [6.07, 6.45) is 3.97. The van der Waals surface area contributed by atoms with Crippen LogP contribution < -0.4 is 0 Å². The fourth-order valence-corrected chi connectivity index (χ4v) is 2.75. The van der Waals surface area contributed by atoms with Gasteiger partial charge in [0, 0.05) is 42.8 Å². The van der Waals surface area contributed by atoms with E-state index in [4.69, 9.17) is 0 Å². The number of hydrogen-bond donors (Lipinski definition) is 1. The van der Waals surface area contributed by atoms with E-state index in [2.05, 4.69) is 4.98 Å². The standard InChI is InChI=1S/C16H19N3O2/c1-18(11-15(20)19-8-2-3-9-19)16(21)13-4-5-14-12(10-13)6-7-17-14/h4-7,10,17H,2-3,8-9,11H2,1H3. The average molecular weight is 285 g/mol. The maximum absolute atomic E-state index is 12.4. The van der Waals surface area contributed by atoms with Crippen molar-refractivity contribution in [2.75, 3.05) is 26.7 Å². The Morgan fingerprint density at radius 2 is 2.00 bits per heavy atom. The molecule has 1 saturated heterocycles.